The molecule has 0 spiro atoms. The van der Waals surface area contributed by atoms with Gasteiger partial charge in [-0.15, -0.1) is 0 Å². The molecule has 2 aromatic rings. The first-order valence-electron chi connectivity index (χ1n) is 4.07. The van der Waals surface area contributed by atoms with Crippen LogP contribution in [0.3, 0.4) is 0 Å². The van der Waals surface area contributed by atoms with E-state index < -0.39 is 0 Å². The number of benzene rings is 1. The predicted octanol–water partition coefficient (Wildman–Crippen LogP) is 2.90. The van der Waals surface area contributed by atoms with Gasteiger partial charge in [0.15, 0.2) is 5.82 Å². The van der Waals surface area contributed by atoms with Crippen LogP contribution >= 0.6 is 23.1 Å². The second-order valence-corrected chi connectivity index (χ2v) is 3.87. The minimum atomic E-state index is 0.720. The fourth-order valence-electron chi connectivity index (χ4n) is 1.04. The minimum Gasteiger partial charge on any atom is -0.363 e. The normalized spacial score (nSPS) is 10.1. The molecule has 0 saturated carbocycles. The molecule has 1 aromatic heterocycles. The minimum absolute atomic E-state index is 0.720. The summed E-state index contributed by atoms with van der Waals surface area (Å²) in [5.41, 5.74) is 0.979. The highest BCUT2D eigenvalue weighted by molar-refractivity contribution is 7.09. The van der Waals surface area contributed by atoms with Crippen molar-refractivity contribution in [3.63, 3.8) is 0 Å². The largest absolute Gasteiger partial charge is 0.363 e. The Kier molecular flexibility index (Phi) is 2.65. The highest BCUT2D eigenvalue weighted by Crippen LogP contribution is 2.22. The molecule has 0 bridgehead atoms. The molecule has 0 fully saturated rings. The number of hydrogen-bond acceptors (Lipinski definition) is 4. The quantitative estimate of drug-likeness (QED) is 0.854. The van der Waals surface area contributed by atoms with E-state index in [9.17, 15) is 0 Å². The summed E-state index contributed by atoms with van der Waals surface area (Å²) in [6.07, 6.45) is 0. The van der Waals surface area contributed by atoms with Crippen molar-refractivity contribution in [3.05, 3.63) is 29.3 Å². The van der Waals surface area contributed by atoms with Gasteiger partial charge in [0.25, 0.3) is 0 Å². The Labute approximate surface area is 90.9 Å². The number of anilines is 1. The van der Waals surface area contributed by atoms with Gasteiger partial charge in [0.1, 0.15) is 0 Å². The lowest BCUT2D eigenvalue weighted by Gasteiger charge is -1.94. The van der Waals surface area contributed by atoms with Gasteiger partial charge < -0.3 is 5.32 Å². The topological polar surface area (TPSA) is 37.8 Å². The summed E-state index contributed by atoms with van der Waals surface area (Å²) in [7, 11) is 1.83. The van der Waals surface area contributed by atoms with Crippen molar-refractivity contribution in [1.82, 2.24) is 9.36 Å². The van der Waals surface area contributed by atoms with Crippen molar-refractivity contribution in [2.75, 3.05) is 12.4 Å². The summed E-state index contributed by atoms with van der Waals surface area (Å²) in [6.45, 7) is 0. The van der Waals surface area contributed by atoms with Crippen molar-refractivity contribution in [1.29, 1.82) is 0 Å². The molecule has 0 atom stereocenters. The number of halogens is 1. The Hall–Kier alpha value is -1.13. The lowest BCUT2D eigenvalue weighted by atomic mass is 10.2. The Bertz CT molecular complexity index is 424. The maximum atomic E-state index is 5.78. The maximum Gasteiger partial charge on any atom is 0.202 e. The number of nitrogens with zero attached hydrogens (tertiary/aromatic N) is 2. The highest BCUT2D eigenvalue weighted by Gasteiger charge is 2.04. The van der Waals surface area contributed by atoms with Gasteiger partial charge in [-0.2, -0.15) is 9.36 Å². The molecule has 0 radical (unpaired) electrons. The van der Waals surface area contributed by atoms with Crippen LogP contribution in [0.5, 0.6) is 0 Å². The van der Waals surface area contributed by atoms with Gasteiger partial charge in [-0.3, -0.25) is 0 Å². The van der Waals surface area contributed by atoms with Gasteiger partial charge in [0, 0.05) is 29.2 Å². The van der Waals surface area contributed by atoms with Crippen LogP contribution in [0.25, 0.3) is 11.4 Å². The average Bonchev–Trinajstić information content (AvgIpc) is 2.67. The first kappa shape index (κ1) is 9.43. The zero-order valence-electron chi connectivity index (χ0n) is 7.49. The zero-order valence-corrected chi connectivity index (χ0v) is 9.06. The predicted molar refractivity (Wildman–Crippen MR) is 59.9 cm³/mol. The third-order valence-corrected chi connectivity index (χ3v) is 2.73. The summed E-state index contributed by atoms with van der Waals surface area (Å²) in [6, 6.07) is 7.47. The van der Waals surface area contributed by atoms with Crippen molar-refractivity contribution >= 4 is 28.3 Å². The van der Waals surface area contributed by atoms with Crippen LogP contribution in [-0.2, 0) is 0 Å². The Morgan fingerprint density at radius 2 is 2.00 bits per heavy atom. The second kappa shape index (κ2) is 3.94. The maximum absolute atomic E-state index is 5.78. The van der Waals surface area contributed by atoms with Gasteiger partial charge in [-0.05, 0) is 24.3 Å². The molecule has 0 unspecified atom stereocenters. The SMILES string of the molecule is CNc1nc(-c2ccc(Cl)cc2)ns1. The van der Waals surface area contributed by atoms with Crippen LogP contribution in [0, 0.1) is 0 Å². The fraction of sp³-hybridized carbons (Fsp3) is 0.111. The van der Waals surface area contributed by atoms with E-state index in [2.05, 4.69) is 14.7 Å². The van der Waals surface area contributed by atoms with Crippen LogP contribution in [0.1, 0.15) is 0 Å². The van der Waals surface area contributed by atoms with E-state index in [0.29, 0.717) is 0 Å². The van der Waals surface area contributed by atoms with E-state index in [1.807, 2.05) is 31.3 Å². The summed E-state index contributed by atoms with van der Waals surface area (Å²) >= 11 is 7.12. The number of nitrogens with one attached hydrogen (secondary N) is 1. The molecule has 0 aliphatic rings. The van der Waals surface area contributed by atoms with Crippen molar-refractivity contribution in [3.8, 4) is 11.4 Å². The lowest BCUT2D eigenvalue weighted by Crippen LogP contribution is -1.86. The molecule has 5 heteroatoms. The molecule has 3 nitrogen and oxygen atoms in total. The molecule has 14 heavy (non-hydrogen) atoms. The lowest BCUT2D eigenvalue weighted by molar-refractivity contribution is 1.31. The Morgan fingerprint density at radius 1 is 1.29 bits per heavy atom. The van der Waals surface area contributed by atoms with E-state index >= 15 is 0 Å². The molecule has 1 heterocycles. The first-order valence-corrected chi connectivity index (χ1v) is 5.22. The molecule has 0 aliphatic heterocycles. The van der Waals surface area contributed by atoms with Crippen LogP contribution in [0.2, 0.25) is 5.02 Å². The summed E-state index contributed by atoms with van der Waals surface area (Å²) in [4.78, 5) is 4.28. The molecule has 0 aliphatic carbocycles. The van der Waals surface area contributed by atoms with Gasteiger partial charge in [-0.25, -0.2) is 0 Å². The molecule has 2 rings (SSSR count). The average molecular weight is 226 g/mol. The molecule has 0 saturated heterocycles. The van der Waals surface area contributed by atoms with Gasteiger partial charge in [-0.1, -0.05) is 11.6 Å². The van der Waals surface area contributed by atoms with Crippen LogP contribution < -0.4 is 5.32 Å². The Balaban J connectivity index is 2.34. The zero-order chi connectivity index (χ0) is 9.97. The third-order valence-electron chi connectivity index (χ3n) is 1.74. The van der Waals surface area contributed by atoms with Gasteiger partial charge in [0.05, 0.1) is 0 Å². The van der Waals surface area contributed by atoms with Crippen LogP contribution in [0.15, 0.2) is 24.3 Å². The van der Waals surface area contributed by atoms with Crippen molar-refractivity contribution in [2.24, 2.45) is 0 Å². The molecule has 1 N–H and O–H groups in total. The smallest absolute Gasteiger partial charge is 0.202 e. The monoisotopic (exact) mass is 225 g/mol. The standard InChI is InChI=1S/C9H8ClN3S/c1-11-9-12-8(13-14-9)6-2-4-7(10)5-3-6/h2-5H,1H3,(H,11,12,13). The Morgan fingerprint density at radius 3 is 2.57 bits per heavy atom. The fourth-order valence-corrected chi connectivity index (χ4v) is 1.70. The van der Waals surface area contributed by atoms with Crippen LogP contribution in [0.4, 0.5) is 5.13 Å². The first-order chi connectivity index (χ1) is 6.79. The van der Waals surface area contributed by atoms with Gasteiger partial charge in [0.2, 0.25) is 5.13 Å². The molecular weight excluding hydrogens is 218 g/mol. The number of rotatable bonds is 2. The third kappa shape index (κ3) is 1.86. The summed E-state index contributed by atoms with van der Waals surface area (Å²) in [5, 5.41) is 4.48. The molecular formula is C9H8ClN3S. The second-order valence-electron chi connectivity index (χ2n) is 2.68. The van der Waals surface area contributed by atoms with E-state index in [0.717, 1.165) is 21.5 Å². The summed E-state index contributed by atoms with van der Waals surface area (Å²) in [5.74, 6) is 0.732. The van der Waals surface area contributed by atoms with E-state index in [1.165, 1.54) is 11.5 Å². The molecule has 72 valence electrons. The van der Waals surface area contributed by atoms with E-state index in [4.69, 9.17) is 11.6 Å². The van der Waals surface area contributed by atoms with E-state index in [-0.39, 0.29) is 0 Å². The van der Waals surface area contributed by atoms with E-state index in [1.54, 1.807) is 0 Å². The molecule has 1 aromatic carbocycles. The van der Waals surface area contributed by atoms with Gasteiger partial charge >= 0.3 is 0 Å². The van der Waals surface area contributed by atoms with Crippen LogP contribution in [-0.4, -0.2) is 16.4 Å². The number of aromatic nitrogens is 2. The summed E-state index contributed by atoms with van der Waals surface area (Å²) < 4.78 is 4.21. The number of hydrogen-bond donors (Lipinski definition) is 1. The van der Waals surface area contributed by atoms with Crippen molar-refractivity contribution < 1.29 is 0 Å². The molecule has 0 amide bonds. The highest BCUT2D eigenvalue weighted by atomic mass is 35.5. The van der Waals surface area contributed by atoms with Crippen molar-refractivity contribution in [2.45, 2.75) is 0 Å².